The number of rotatable bonds is 7. The third-order valence-electron chi connectivity index (χ3n) is 5.10. The van der Waals surface area contributed by atoms with Crippen molar-refractivity contribution in [2.24, 2.45) is 0 Å². The Morgan fingerprint density at radius 1 is 0.867 bits per heavy atom. The van der Waals surface area contributed by atoms with Crippen molar-refractivity contribution < 1.29 is 14.3 Å². The second-order valence-electron chi connectivity index (χ2n) is 7.27. The molecule has 152 valence electrons. The van der Waals surface area contributed by atoms with Crippen LogP contribution < -0.4 is 15.4 Å². The van der Waals surface area contributed by atoms with Crippen LogP contribution in [0.5, 0.6) is 5.75 Å². The first-order chi connectivity index (χ1) is 14.5. The van der Waals surface area contributed by atoms with Crippen LogP contribution >= 0.6 is 15.9 Å². The molecule has 1 aliphatic rings. The summed E-state index contributed by atoms with van der Waals surface area (Å²) in [4.78, 5) is 25.0. The number of hydrogen-bond acceptors (Lipinski definition) is 3. The van der Waals surface area contributed by atoms with Gasteiger partial charge in [0.15, 0.2) is 6.61 Å². The fraction of sp³-hybridized carbons (Fsp3) is 0.167. The van der Waals surface area contributed by atoms with Crippen LogP contribution in [-0.4, -0.2) is 18.4 Å². The lowest BCUT2D eigenvalue weighted by Crippen LogP contribution is -2.27. The zero-order valence-corrected chi connectivity index (χ0v) is 17.8. The second-order valence-corrected chi connectivity index (χ2v) is 8.19. The van der Waals surface area contributed by atoms with E-state index in [9.17, 15) is 9.59 Å². The quantitative estimate of drug-likeness (QED) is 0.508. The number of nitrogens with one attached hydrogen (secondary N) is 2. The number of benzene rings is 3. The number of ether oxygens (including phenoxy) is 1. The topological polar surface area (TPSA) is 67.4 Å². The Morgan fingerprint density at radius 3 is 2.27 bits per heavy atom. The molecule has 0 saturated heterocycles. The lowest BCUT2D eigenvalue weighted by molar-refractivity contribution is -0.119. The maximum Gasteiger partial charge on any atom is 0.262 e. The Hall–Kier alpha value is -3.12. The van der Waals surface area contributed by atoms with E-state index >= 15 is 0 Å². The molecule has 3 aromatic carbocycles. The molecule has 0 unspecified atom stereocenters. The van der Waals surface area contributed by atoms with Gasteiger partial charge in [-0.05, 0) is 54.8 Å². The van der Waals surface area contributed by atoms with Crippen molar-refractivity contribution in [2.45, 2.75) is 18.3 Å². The van der Waals surface area contributed by atoms with Crippen LogP contribution in [-0.2, 0) is 15.0 Å². The molecule has 2 N–H and O–H groups in total. The molecular formula is C24H21BrN2O3. The van der Waals surface area contributed by atoms with E-state index in [0.29, 0.717) is 11.4 Å². The van der Waals surface area contributed by atoms with Gasteiger partial charge in [-0.25, -0.2) is 0 Å². The lowest BCUT2D eigenvalue weighted by Gasteiger charge is -2.16. The van der Waals surface area contributed by atoms with Gasteiger partial charge >= 0.3 is 0 Å². The summed E-state index contributed by atoms with van der Waals surface area (Å²) < 4.78 is 6.58. The predicted molar refractivity (Wildman–Crippen MR) is 121 cm³/mol. The summed E-state index contributed by atoms with van der Waals surface area (Å²) in [6.45, 7) is -0.116. The number of hydrogen-bond donors (Lipinski definition) is 2. The summed E-state index contributed by atoms with van der Waals surface area (Å²) in [5, 5.41) is 5.77. The van der Waals surface area contributed by atoms with Crippen LogP contribution in [0.15, 0.2) is 83.3 Å². The van der Waals surface area contributed by atoms with Gasteiger partial charge in [0.25, 0.3) is 5.91 Å². The Labute approximate surface area is 183 Å². The summed E-state index contributed by atoms with van der Waals surface area (Å²) in [5.41, 5.74) is 1.92. The molecule has 3 aromatic rings. The van der Waals surface area contributed by atoms with Gasteiger partial charge in [0.1, 0.15) is 5.75 Å². The summed E-state index contributed by atoms with van der Waals surface area (Å²) in [7, 11) is 0. The molecule has 4 rings (SSSR count). The van der Waals surface area contributed by atoms with E-state index in [1.54, 1.807) is 18.2 Å². The van der Waals surface area contributed by atoms with Crippen LogP contribution in [0.3, 0.4) is 0 Å². The summed E-state index contributed by atoms with van der Waals surface area (Å²) in [6.07, 6.45) is 1.66. The van der Waals surface area contributed by atoms with E-state index in [0.717, 1.165) is 28.6 Å². The van der Waals surface area contributed by atoms with Crippen molar-refractivity contribution in [3.05, 3.63) is 88.9 Å². The number of amides is 2. The third-order valence-corrected chi connectivity index (χ3v) is 5.63. The van der Waals surface area contributed by atoms with E-state index in [1.165, 1.54) is 0 Å². The highest BCUT2D eigenvalue weighted by atomic mass is 79.9. The Kier molecular flexibility index (Phi) is 5.86. The fourth-order valence-corrected chi connectivity index (χ4v) is 3.59. The molecule has 1 saturated carbocycles. The molecule has 0 radical (unpaired) electrons. The Morgan fingerprint density at radius 2 is 1.57 bits per heavy atom. The minimum atomic E-state index is -0.465. The zero-order valence-electron chi connectivity index (χ0n) is 16.2. The first kappa shape index (κ1) is 20.2. The standard InChI is InChI=1S/C24H21BrN2O3/c25-18-11-9-17(10-12-18)24(13-14-24)23(29)27-20-7-4-8-21(15-20)30-16-22(28)26-19-5-2-1-3-6-19/h1-12,15H,13-14,16H2,(H,26,28)(H,27,29). The van der Waals surface area contributed by atoms with Crippen molar-refractivity contribution in [2.75, 3.05) is 17.2 Å². The molecule has 0 aromatic heterocycles. The van der Waals surface area contributed by atoms with Gasteiger partial charge in [0.2, 0.25) is 5.91 Å². The Bertz CT molecular complexity index is 1050. The normalized spacial score (nSPS) is 13.9. The van der Waals surface area contributed by atoms with E-state index in [4.69, 9.17) is 4.74 Å². The molecule has 0 spiro atoms. The van der Waals surface area contributed by atoms with E-state index < -0.39 is 5.41 Å². The first-order valence-electron chi connectivity index (χ1n) is 9.70. The van der Waals surface area contributed by atoms with Crippen LogP contribution in [0.4, 0.5) is 11.4 Å². The van der Waals surface area contributed by atoms with Gasteiger partial charge in [-0.15, -0.1) is 0 Å². The second kappa shape index (κ2) is 8.71. The third kappa shape index (κ3) is 4.71. The van der Waals surface area contributed by atoms with Gasteiger partial charge < -0.3 is 15.4 Å². The average molecular weight is 465 g/mol. The van der Waals surface area contributed by atoms with Gasteiger partial charge in [-0.1, -0.05) is 52.3 Å². The molecule has 1 aliphatic carbocycles. The molecule has 2 amide bonds. The first-order valence-corrected chi connectivity index (χ1v) is 10.5. The van der Waals surface area contributed by atoms with Gasteiger partial charge in [-0.2, -0.15) is 0 Å². The molecule has 0 atom stereocenters. The number of carbonyl (C=O) groups is 2. The highest BCUT2D eigenvalue weighted by molar-refractivity contribution is 9.10. The molecule has 0 heterocycles. The highest BCUT2D eigenvalue weighted by Crippen LogP contribution is 2.49. The van der Waals surface area contributed by atoms with Gasteiger partial charge in [0, 0.05) is 21.9 Å². The van der Waals surface area contributed by atoms with Crippen LogP contribution in [0.1, 0.15) is 18.4 Å². The zero-order chi connectivity index (χ0) is 21.0. The summed E-state index contributed by atoms with van der Waals surface area (Å²) in [6, 6.07) is 24.2. The molecule has 1 fully saturated rings. The largest absolute Gasteiger partial charge is 0.484 e. The monoisotopic (exact) mass is 464 g/mol. The van der Waals surface area contributed by atoms with E-state index in [2.05, 4.69) is 26.6 Å². The smallest absolute Gasteiger partial charge is 0.262 e. The van der Waals surface area contributed by atoms with E-state index in [-0.39, 0.29) is 18.4 Å². The number of para-hydroxylation sites is 1. The molecule has 6 heteroatoms. The Balaban J connectivity index is 1.36. The van der Waals surface area contributed by atoms with Crippen molar-refractivity contribution in [3.8, 4) is 5.75 Å². The minimum Gasteiger partial charge on any atom is -0.484 e. The molecule has 0 bridgehead atoms. The van der Waals surface area contributed by atoms with Gasteiger partial charge in [0.05, 0.1) is 5.41 Å². The van der Waals surface area contributed by atoms with Gasteiger partial charge in [-0.3, -0.25) is 9.59 Å². The van der Waals surface area contributed by atoms with Crippen molar-refractivity contribution in [3.63, 3.8) is 0 Å². The van der Waals surface area contributed by atoms with Crippen molar-refractivity contribution in [1.29, 1.82) is 0 Å². The SMILES string of the molecule is O=C(COc1cccc(NC(=O)C2(c3ccc(Br)cc3)CC2)c1)Nc1ccccc1. The molecule has 0 aliphatic heterocycles. The minimum absolute atomic E-state index is 0.0243. The predicted octanol–water partition coefficient (Wildman–Crippen LogP) is 5.14. The van der Waals surface area contributed by atoms with Crippen LogP contribution in [0, 0.1) is 0 Å². The molecule has 5 nitrogen and oxygen atoms in total. The molecule has 30 heavy (non-hydrogen) atoms. The number of anilines is 2. The lowest BCUT2D eigenvalue weighted by atomic mass is 9.95. The summed E-state index contributed by atoms with van der Waals surface area (Å²) >= 11 is 3.43. The maximum atomic E-state index is 12.9. The average Bonchev–Trinajstić information content (AvgIpc) is 3.56. The maximum absolute atomic E-state index is 12.9. The van der Waals surface area contributed by atoms with Crippen molar-refractivity contribution >= 4 is 39.1 Å². The number of halogens is 1. The summed E-state index contributed by atoms with van der Waals surface area (Å²) in [5.74, 6) is 0.246. The van der Waals surface area contributed by atoms with E-state index in [1.807, 2.05) is 60.7 Å². The highest BCUT2D eigenvalue weighted by Gasteiger charge is 2.51. The fourth-order valence-electron chi connectivity index (χ4n) is 3.32. The van der Waals surface area contributed by atoms with Crippen LogP contribution in [0.2, 0.25) is 0 Å². The van der Waals surface area contributed by atoms with Crippen molar-refractivity contribution in [1.82, 2.24) is 0 Å². The van der Waals surface area contributed by atoms with Crippen LogP contribution in [0.25, 0.3) is 0 Å². The number of carbonyl (C=O) groups excluding carboxylic acids is 2. The molecular weight excluding hydrogens is 444 g/mol.